The van der Waals surface area contributed by atoms with E-state index in [0.29, 0.717) is 99.3 Å². The van der Waals surface area contributed by atoms with Crippen LogP contribution in [0, 0.1) is 0 Å². The first kappa shape index (κ1) is 36.0. The van der Waals surface area contributed by atoms with Crippen molar-refractivity contribution >= 4 is 45.9 Å². The number of amides is 2. The Morgan fingerprint density at radius 1 is 0.960 bits per heavy atom. The number of halogens is 5. The van der Waals surface area contributed by atoms with E-state index in [2.05, 4.69) is 20.3 Å². The van der Waals surface area contributed by atoms with Gasteiger partial charge in [0.15, 0.2) is 0 Å². The lowest BCUT2D eigenvalue weighted by molar-refractivity contribution is -0.274. The van der Waals surface area contributed by atoms with Gasteiger partial charge in [0.1, 0.15) is 5.75 Å². The molecule has 4 aromatic rings. The average Bonchev–Trinajstić information content (AvgIpc) is 3.46. The van der Waals surface area contributed by atoms with Gasteiger partial charge in [-0.15, -0.1) is 13.2 Å². The minimum Gasteiger partial charge on any atom is -0.406 e. The molecule has 0 radical (unpaired) electrons. The second-order valence-corrected chi connectivity index (χ2v) is 13.6. The van der Waals surface area contributed by atoms with Gasteiger partial charge < -0.3 is 30.6 Å². The van der Waals surface area contributed by atoms with Crippen molar-refractivity contribution in [3.63, 3.8) is 0 Å². The first-order valence-corrected chi connectivity index (χ1v) is 17.4. The number of hydrogen-bond donors (Lipinski definition) is 3. The van der Waals surface area contributed by atoms with Crippen LogP contribution in [0.15, 0.2) is 66.9 Å². The summed E-state index contributed by atoms with van der Waals surface area (Å²) in [6.07, 6.45) is -0.467. The molecule has 14 heteroatoms. The fourth-order valence-corrected chi connectivity index (χ4v) is 7.12. The number of nitrogens with two attached hydrogens (primary N) is 1. The normalized spacial score (nSPS) is 16.8. The van der Waals surface area contributed by atoms with Crippen molar-refractivity contribution in [2.75, 3.05) is 45.8 Å². The Labute approximate surface area is 298 Å². The molecular weight excluding hydrogens is 692 g/mol. The number of aryl methyl sites for hydroxylation is 1. The molecule has 2 fully saturated rings. The topological polar surface area (TPSA) is 105 Å². The van der Waals surface area contributed by atoms with E-state index in [0.717, 1.165) is 22.0 Å². The number of rotatable bonds is 10. The fourth-order valence-electron chi connectivity index (χ4n) is 6.61. The smallest absolute Gasteiger partial charge is 0.406 e. The van der Waals surface area contributed by atoms with E-state index in [4.69, 9.17) is 28.9 Å². The lowest BCUT2D eigenvalue weighted by atomic mass is 9.88. The largest absolute Gasteiger partial charge is 0.573 e. The number of carbonyl (C=O) groups excluding carboxylic acids is 2. The first-order chi connectivity index (χ1) is 23.9. The maximum atomic E-state index is 13.8. The zero-order chi connectivity index (χ0) is 35.5. The van der Waals surface area contributed by atoms with Crippen molar-refractivity contribution in [3.05, 3.63) is 93.6 Å². The van der Waals surface area contributed by atoms with Gasteiger partial charge in [0, 0.05) is 77.7 Å². The number of nitrogens with one attached hydrogen (secondary N) is 2. The highest BCUT2D eigenvalue weighted by Crippen LogP contribution is 2.31. The predicted octanol–water partition coefficient (Wildman–Crippen LogP) is 5.92. The highest BCUT2D eigenvalue weighted by molar-refractivity contribution is 6.36. The van der Waals surface area contributed by atoms with Gasteiger partial charge in [-0.1, -0.05) is 35.3 Å². The van der Waals surface area contributed by atoms with E-state index in [1.165, 1.54) is 12.1 Å². The SMILES string of the molecule is NC1(C(=O)NCCCc2cn(-c3ccc(OC(F)(F)F)cc3)c3cc(C(=O)N4CCN(Cc5c(Cl)cccc5Cl)CC4)ccc23)CCNCC1. The number of alkyl halides is 3. The number of hydrogen-bond acceptors (Lipinski definition) is 6. The van der Waals surface area contributed by atoms with Crippen LogP contribution in [0.5, 0.6) is 5.75 Å². The maximum absolute atomic E-state index is 13.8. The molecule has 6 rings (SSSR count). The van der Waals surface area contributed by atoms with Gasteiger partial charge >= 0.3 is 6.36 Å². The molecular formula is C36H39Cl2F3N6O3. The number of piperazine rings is 1. The van der Waals surface area contributed by atoms with E-state index in [9.17, 15) is 22.8 Å². The summed E-state index contributed by atoms with van der Waals surface area (Å²) in [4.78, 5) is 30.6. The predicted molar refractivity (Wildman–Crippen MR) is 188 cm³/mol. The number of nitrogens with zero attached hydrogens (tertiary/aromatic N) is 3. The van der Waals surface area contributed by atoms with Gasteiger partial charge in [-0.25, -0.2) is 0 Å². The van der Waals surface area contributed by atoms with Crippen LogP contribution in [0.1, 0.15) is 40.7 Å². The third-order valence-corrected chi connectivity index (χ3v) is 10.2. The zero-order valence-electron chi connectivity index (χ0n) is 27.4. The summed E-state index contributed by atoms with van der Waals surface area (Å²) in [6.45, 7) is 4.79. The Hall–Kier alpha value is -3.81. The van der Waals surface area contributed by atoms with E-state index in [-0.39, 0.29) is 17.6 Å². The minimum absolute atomic E-state index is 0.109. The van der Waals surface area contributed by atoms with Crippen LogP contribution in [0.3, 0.4) is 0 Å². The summed E-state index contributed by atoms with van der Waals surface area (Å²) in [5.74, 6) is -0.590. The first-order valence-electron chi connectivity index (χ1n) is 16.6. The third-order valence-electron chi connectivity index (χ3n) is 9.44. The number of aromatic nitrogens is 1. The van der Waals surface area contributed by atoms with Gasteiger partial charge in [-0.3, -0.25) is 14.5 Å². The zero-order valence-corrected chi connectivity index (χ0v) is 28.9. The second kappa shape index (κ2) is 15.2. The Morgan fingerprint density at radius 2 is 1.64 bits per heavy atom. The molecule has 50 heavy (non-hydrogen) atoms. The quantitative estimate of drug-likeness (QED) is 0.175. The van der Waals surface area contributed by atoms with Crippen LogP contribution >= 0.6 is 23.2 Å². The van der Waals surface area contributed by atoms with Gasteiger partial charge in [0.05, 0.1) is 11.1 Å². The standard InChI is InChI=1S/C36H39Cl2F3N6O3/c37-30-4-1-5-31(38)29(30)23-45-17-19-46(20-18-45)33(48)24-6-11-28-25(3-2-14-44-34(49)35(42)12-15-43-16-13-35)22-47(32(28)21-24)26-7-9-27(10-8-26)50-36(39,40)41/h1,4-11,21-22,43H,2-3,12-20,23,42H2,(H,44,49). The molecule has 2 amide bonds. The van der Waals surface area contributed by atoms with Gasteiger partial charge in [0.2, 0.25) is 5.91 Å². The highest BCUT2D eigenvalue weighted by Gasteiger charge is 2.35. The van der Waals surface area contributed by atoms with E-state index < -0.39 is 11.9 Å². The monoisotopic (exact) mass is 730 g/mol. The molecule has 0 aliphatic carbocycles. The summed E-state index contributed by atoms with van der Waals surface area (Å²) in [5.41, 5.74) is 9.17. The van der Waals surface area contributed by atoms with E-state index in [1.54, 1.807) is 12.1 Å². The van der Waals surface area contributed by atoms with Crippen molar-refractivity contribution in [3.8, 4) is 11.4 Å². The fraction of sp³-hybridized carbons (Fsp3) is 0.389. The Kier molecular flexibility index (Phi) is 10.9. The Balaban J connectivity index is 1.18. The third kappa shape index (κ3) is 8.38. The molecule has 0 saturated carbocycles. The van der Waals surface area contributed by atoms with E-state index >= 15 is 0 Å². The summed E-state index contributed by atoms with van der Waals surface area (Å²) < 4.78 is 44.4. The number of fused-ring (bicyclic) bond motifs is 1. The second-order valence-electron chi connectivity index (χ2n) is 12.8. The molecule has 2 aliphatic heterocycles. The molecule has 2 aliphatic rings. The lowest BCUT2D eigenvalue weighted by Crippen LogP contribution is -2.59. The van der Waals surface area contributed by atoms with E-state index in [1.807, 2.05) is 52.1 Å². The van der Waals surface area contributed by atoms with Gasteiger partial charge in [-0.05, 0) is 92.9 Å². The van der Waals surface area contributed by atoms with Crippen molar-refractivity contribution in [2.45, 2.75) is 44.1 Å². The Morgan fingerprint density at radius 3 is 2.30 bits per heavy atom. The molecule has 266 valence electrons. The molecule has 0 atom stereocenters. The van der Waals surface area contributed by atoms with Gasteiger partial charge in [-0.2, -0.15) is 0 Å². The molecule has 9 nitrogen and oxygen atoms in total. The molecule has 0 unspecified atom stereocenters. The summed E-state index contributed by atoms with van der Waals surface area (Å²) in [5, 5.41) is 8.33. The molecule has 0 bridgehead atoms. The van der Waals surface area contributed by atoms with Crippen LogP contribution in [-0.2, 0) is 17.8 Å². The molecule has 0 spiro atoms. The van der Waals surface area contributed by atoms with Crippen molar-refractivity contribution in [2.24, 2.45) is 5.73 Å². The molecule has 4 N–H and O–H groups in total. The van der Waals surface area contributed by atoms with Crippen LogP contribution in [0.4, 0.5) is 13.2 Å². The minimum atomic E-state index is -4.80. The van der Waals surface area contributed by atoms with Crippen LogP contribution in [0.25, 0.3) is 16.6 Å². The summed E-state index contributed by atoms with van der Waals surface area (Å²) in [6, 6.07) is 16.6. The Bertz CT molecular complexity index is 1820. The highest BCUT2D eigenvalue weighted by atomic mass is 35.5. The number of carbonyl (C=O) groups is 2. The number of piperidine rings is 1. The lowest BCUT2D eigenvalue weighted by Gasteiger charge is -2.35. The molecule has 2 saturated heterocycles. The average molecular weight is 732 g/mol. The summed E-state index contributed by atoms with van der Waals surface area (Å²) in [7, 11) is 0. The molecule has 3 heterocycles. The van der Waals surface area contributed by atoms with Gasteiger partial charge in [0.25, 0.3) is 5.91 Å². The van der Waals surface area contributed by atoms with Crippen molar-refractivity contribution < 1.29 is 27.5 Å². The summed E-state index contributed by atoms with van der Waals surface area (Å²) >= 11 is 12.8. The number of ether oxygens (including phenoxy) is 1. The molecule has 1 aromatic heterocycles. The number of benzene rings is 3. The van der Waals surface area contributed by atoms with Crippen molar-refractivity contribution in [1.29, 1.82) is 0 Å². The van der Waals surface area contributed by atoms with Crippen LogP contribution in [0.2, 0.25) is 10.0 Å². The maximum Gasteiger partial charge on any atom is 0.573 e. The van der Waals surface area contributed by atoms with Crippen LogP contribution in [-0.4, -0.2) is 83.9 Å². The van der Waals surface area contributed by atoms with Crippen molar-refractivity contribution in [1.82, 2.24) is 25.0 Å². The van der Waals surface area contributed by atoms with Crippen LogP contribution < -0.4 is 21.1 Å². The molecule has 3 aromatic carbocycles.